The lowest BCUT2D eigenvalue weighted by Crippen LogP contribution is -2.22. The van der Waals surface area contributed by atoms with Crippen LogP contribution in [0.15, 0.2) is 18.2 Å². The van der Waals surface area contributed by atoms with Crippen LogP contribution < -0.4 is 10.6 Å². The van der Waals surface area contributed by atoms with Gasteiger partial charge in [0.2, 0.25) is 0 Å². The number of nitrogen functional groups attached to an aromatic ring is 1. The molecule has 1 heterocycles. The summed E-state index contributed by atoms with van der Waals surface area (Å²) in [5, 5.41) is 7.49. The molecular weight excluding hydrogens is 224 g/mol. The summed E-state index contributed by atoms with van der Waals surface area (Å²) in [6.07, 6.45) is -0.0961. The average molecular weight is 236 g/mol. The molecule has 2 aromatic rings. The molecule has 0 saturated carbocycles. The maximum absolute atomic E-state index is 11.2. The number of carbonyl (C=O) groups is 1. The van der Waals surface area contributed by atoms with Gasteiger partial charge < -0.3 is 10.5 Å². The van der Waals surface area contributed by atoms with Crippen LogP contribution in [0.5, 0.6) is 0 Å². The van der Waals surface area contributed by atoms with Crippen molar-refractivity contribution in [2.24, 2.45) is 0 Å². The zero-order valence-corrected chi connectivity index (χ0v) is 9.29. The van der Waals surface area contributed by atoms with Gasteiger partial charge in [-0.05, 0) is 29.8 Å². The number of carbonyl (C=O) groups excluding carboxylic acids is 1. The van der Waals surface area contributed by atoms with E-state index in [-0.39, 0.29) is 0 Å². The molecule has 2 rings (SSSR count). The van der Waals surface area contributed by atoms with Gasteiger partial charge in [-0.2, -0.15) is 0 Å². The fourth-order valence-electron chi connectivity index (χ4n) is 1.26. The molecule has 0 spiro atoms. The topological polar surface area (TPSA) is 92.3 Å². The second kappa shape index (κ2) is 4.69. The molecule has 0 fully saturated rings. The molecule has 0 aliphatic carbocycles. The van der Waals surface area contributed by atoms with Gasteiger partial charge >= 0.3 is 6.16 Å². The average Bonchev–Trinajstić information content (AvgIpc) is 2.69. The fourth-order valence-corrected chi connectivity index (χ4v) is 1.26. The van der Waals surface area contributed by atoms with E-state index >= 15 is 0 Å². The van der Waals surface area contributed by atoms with E-state index in [2.05, 4.69) is 10.3 Å². The van der Waals surface area contributed by atoms with Crippen molar-refractivity contribution in [2.45, 2.75) is 13.3 Å². The fraction of sp³-hybridized carbons (Fsp3) is 0.300. The molecule has 2 N–H and O–H groups in total. The minimum Gasteiger partial charge on any atom is -0.433 e. The molecule has 1 aromatic carbocycles. The Hall–Kier alpha value is -2.31. The number of hydrogen-bond acceptors (Lipinski definition) is 6. The van der Waals surface area contributed by atoms with Crippen molar-refractivity contribution in [2.75, 3.05) is 12.3 Å². The molecule has 7 nitrogen and oxygen atoms in total. The molecule has 0 bridgehead atoms. The number of hydrogen-bond donors (Lipinski definition) is 1. The van der Waals surface area contributed by atoms with Gasteiger partial charge in [0.15, 0.2) is 0 Å². The van der Waals surface area contributed by atoms with Crippen molar-refractivity contribution in [3.05, 3.63) is 18.2 Å². The summed E-state index contributed by atoms with van der Waals surface area (Å²) >= 11 is 0. The third-order valence-electron chi connectivity index (χ3n) is 2.02. The number of benzene rings is 1. The Bertz CT molecular complexity index is 537. The number of rotatable bonds is 3. The minimum absolute atomic E-state index is 0.299. The predicted molar refractivity (Wildman–Crippen MR) is 60.2 cm³/mol. The van der Waals surface area contributed by atoms with Gasteiger partial charge in [-0.1, -0.05) is 11.8 Å². The van der Waals surface area contributed by atoms with Crippen LogP contribution in [0.1, 0.15) is 13.3 Å². The van der Waals surface area contributed by atoms with E-state index in [1.165, 1.54) is 0 Å². The Labute approximate surface area is 97.1 Å². The Morgan fingerprint density at radius 3 is 3.12 bits per heavy atom. The lowest BCUT2D eigenvalue weighted by atomic mass is 10.3. The summed E-state index contributed by atoms with van der Waals surface area (Å²) in [6.45, 7) is 2.19. The largest absolute Gasteiger partial charge is 0.535 e. The third-order valence-corrected chi connectivity index (χ3v) is 2.02. The molecule has 90 valence electrons. The lowest BCUT2D eigenvalue weighted by Gasteiger charge is -2.03. The van der Waals surface area contributed by atoms with Crippen LogP contribution in [0.4, 0.5) is 10.5 Å². The zero-order chi connectivity index (χ0) is 12.3. The number of aromatic nitrogens is 3. The molecule has 0 aliphatic rings. The molecule has 7 heteroatoms. The first-order chi connectivity index (χ1) is 8.20. The van der Waals surface area contributed by atoms with Crippen molar-refractivity contribution in [1.29, 1.82) is 0 Å². The standard InChI is InChI=1S/C10H12N4O3/c1-2-5-16-10(15)17-14-9-6-7(11)3-4-8(9)12-13-14/h3-4,6H,2,5,11H2,1H3. The SMILES string of the molecule is CCCOC(=O)On1nnc2ccc(N)cc21. The van der Waals surface area contributed by atoms with E-state index in [0.29, 0.717) is 23.3 Å². The lowest BCUT2D eigenvalue weighted by molar-refractivity contribution is 0.0396. The Morgan fingerprint density at radius 1 is 1.53 bits per heavy atom. The van der Waals surface area contributed by atoms with Gasteiger partial charge in [0.1, 0.15) is 11.0 Å². The van der Waals surface area contributed by atoms with Crippen molar-refractivity contribution in [3.63, 3.8) is 0 Å². The van der Waals surface area contributed by atoms with Crippen LogP contribution in [-0.2, 0) is 4.74 Å². The van der Waals surface area contributed by atoms with Crippen molar-refractivity contribution in [3.8, 4) is 0 Å². The highest BCUT2D eigenvalue weighted by Gasteiger charge is 2.10. The van der Waals surface area contributed by atoms with Gasteiger partial charge in [-0.25, -0.2) is 4.79 Å². The Kier molecular flexibility index (Phi) is 3.08. The number of anilines is 1. The second-order valence-corrected chi connectivity index (χ2v) is 3.40. The van der Waals surface area contributed by atoms with E-state index in [0.717, 1.165) is 11.3 Å². The van der Waals surface area contributed by atoms with E-state index in [4.69, 9.17) is 15.3 Å². The Balaban J connectivity index is 2.18. The summed E-state index contributed by atoms with van der Waals surface area (Å²) in [7, 11) is 0. The first-order valence-corrected chi connectivity index (χ1v) is 5.16. The first kappa shape index (κ1) is 11.2. The quantitative estimate of drug-likeness (QED) is 0.485. The van der Waals surface area contributed by atoms with E-state index in [1.54, 1.807) is 18.2 Å². The molecule has 0 aliphatic heterocycles. The van der Waals surface area contributed by atoms with Gasteiger partial charge in [0.05, 0.1) is 6.61 Å². The molecule has 0 unspecified atom stereocenters. The highest BCUT2D eigenvalue weighted by atomic mass is 16.8. The number of nitrogens with zero attached hydrogens (tertiary/aromatic N) is 3. The summed E-state index contributed by atoms with van der Waals surface area (Å²) in [5.74, 6) is 0. The van der Waals surface area contributed by atoms with Crippen molar-refractivity contribution >= 4 is 22.9 Å². The van der Waals surface area contributed by atoms with Crippen molar-refractivity contribution < 1.29 is 14.4 Å². The summed E-state index contributed by atoms with van der Waals surface area (Å²) in [6, 6.07) is 4.99. The maximum Gasteiger partial charge on any atom is 0.535 e. The molecule has 0 atom stereocenters. The minimum atomic E-state index is -0.818. The van der Waals surface area contributed by atoms with E-state index in [9.17, 15) is 4.79 Å². The zero-order valence-electron chi connectivity index (χ0n) is 9.29. The van der Waals surface area contributed by atoms with Gasteiger partial charge in [-0.15, -0.1) is 5.10 Å². The number of fused-ring (bicyclic) bond motifs is 1. The summed E-state index contributed by atoms with van der Waals surface area (Å²) in [5.41, 5.74) is 7.25. The number of nitrogens with two attached hydrogens (primary N) is 1. The molecule has 0 amide bonds. The van der Waals surface area contributed by atoms with Crippen LogP contribution in [0, 0.1) is 0 Å². The third kappa shape index (κ3) is 2.44. The first-order valence-electron chi connectivity index (χ1n) is 5.16. The van der Waals surface area contributed by atoms with Crippen molar-refractivity contribution in [1.82, 2.24) is 15.2 Å². The van der Waals surface area contributed by atoms with Crippen LogP contribution in [0.25, 0.3) is 11.0 Å². The van der Waals surface area contributed by atoms with Crippen LogP contribution in [0.2, 0.25) is 0 Å². The smallest absolute Gasteiger partial charge is 0.433 e. The molecule has 0 saturated heterocycles. The van der Waals surface area contributed by atoms with Crippen LogP contribution in [-0.4, -0.2) is 27.9 Å². The van der Waals surface area contributed by atoms with Gasteiger partial charge in [0.25, 0.3) is 0 Å². The summed E-state index contributed by atoms with van der Waals surface area (Å²) in [4.78, 5) is 17.1. The Morgan fingerprint density at radius 2 is 2.35 bits per heavy atom. The second-order valence-electron chi connectivity index (χ2n) is 3.40. The van der Waals surface area contributed by atoms with E-state index in [1.807, 2.05) is 6.92 Å². The van der Waals surface area contributed by atoms with Crippen LogP contribution in [0.3, 0.4) is 0 Å². The molecule has 17 heavy (non-hydrogen) atoms. The summed E-state index contributed by atoms with van der Waals surface area (Å²) < 4.78 is 4.76. The maximum atomic E-state index is 11.2. The highest BCUT2D eigenvalue weighted by Crippen LogP contribution is 2.13. The molecular formula is C10H12N4O3. The monoisotopic (exact) mass is 236 g/mol. The van der Waals surface area contributed by atoms with Gasteiger partial charge in [0, 0.05) is 5.69 Å². The normalized spacial score (nSPS) is 10.4. The highest BCUT2D eigenvalue weighted by molar-refractivity contribution is 5.78. The van der Waals surface area contributed by atoms with Crippen LogP contribution >= 0.6 is 0 Å². The molecule has 1 aromatic heterocycles. The molecule has 0 radical (unpaired) electrons. The number of ether oxygens (including phenoxy) is 1. The van der Waals surface area contributed by atoms with Gasteiger partial charge in [-0.3, -0.25) is 4.84 Å². The predicted octanol–water partition coefficient (Wildman–Crippen LogP) is 0.989. The van der Waals surface area contributed by atoms with E-state index < -0.39 is 6.16 Å².